The fraction of sp³-hybridized carbons (Fsp3) is 0.417. The number of ether oxygens (including phenoxy) is 2. The van der Waals surface area contributed by atoms with Crippen LogP contribution >= 0.6 is 11.6 Å². The van der Waals surface area contributed by atoms with Gasteiger partial charge >= 0.3 is 18.1 Å². The van der Waals surface area contributed by atoms with Gasteiger partial charge in [0.15, 0.2) is 0 Å². The lowest BCUT2D eigenvalue weighted by molar-refractivity contribution is -0.160. The fourth-order valence-electron chi connectivity index (χ4n) is 3.61. The Bertz CT molecular complexity index is 960. The minimum absolute atomic E-state index is 0.132. The molecule has 184 valence electrons. The van der Waals surface area contributed by atoms with Crippen LogP contribution in [-0.4, -0.2) is 61.0 Å². The van der Waals surface area contributed by atoms with Gasteiger partial charge in [-0.2, -0.15) is 13.2 Å². The average molecular weight is 499 g/mol. The maximum Gasteiger partial charge on any atom is 0.416 e. The Morgan fingerprint density at radius 1 is 1.00 bits per heavy atom. The minimum atomic E-state index is -4.39. The Balaban J connectivity index is 1.62. The fourth-order valence-corrected chi connectivity index (χ4v) is 3.73. The Hall–Kier alpha value is -2.62. The molecule has 0 saturated carbocycles. The molecule has 1 heterocycles. The van der Waals surface area contributed by atoms with E-state index >= 15 is 0 Å². The van der Waals surface area contributed by atoms with Gasteiger partial charge in [-0.3, -0.25) is 9.69 Å². The monoisotopic (exact) mass is 498 g/mol. The van der Waals surface area contributed by atoms with Gasteiger partial charge < -0.3 is 14.4 Å². The van der Waals surface area contributed by atoms with Crippen LogP contribution in [0.5, 0.6) is 0 Å². The highest BCUT2D eigenvalue weighted by Gasteiger charge is 2.30. The van der Waals surface area contributed by atoms with Gasteiger partial charge in [0.05, 0.1) is 24.9 Å². The number of nitrogens with zero attached hydrogens (tertiary/aromatic N) is 2. The molecule has 1 aliphatic heterocycles. The molecular weight excluding hydrogens is 473 g/mol. The molecule has 2 aromatic carbocycles. The van der Waals surface area contributed by atoms with E-state index in [1.807, 2.05) is 12.1 Å². The van der Waals surface area contributed by atoms with Gasteiger partial charge in [-0.05, 0) is 42.3 Å². The molecule has 0 aliphatic carbocycles. The molecule has 3 rings (SSSR count). The summed E-state index contributed by atoms with van der Waals surface area (Å²) in [7, 11) is 0. The lowest BCUT2D eigenvalue weighted by Crippen LogP contribution is -2.51. The molecule has 6 nitrogen and oxygen atoms in total. The summed E-state index contributed by atoms with van der Waals surface area (Å²) in [6, 6.07) is 12.1. The second kappa shape index (κ2) is 11.7. The summed E-state index contributed by atoms with van der Waals surface area (Å²) in [5, 5.41) is 0.580. The van der Waals surface area contributed by atoms with Crippen molar-refractivity contribution in [2.45, 2.75) is 25.8 Å². The summed E-state index contributed by atoms with van der Waals surface area (Å²) in [6.45, 7) is 4.26. The van der Waals surface area contributed by atoms with Crippen LogP contribution in [0.2, 0.25) is 5.02 Å². The highest BCUT2D eigenvalue weighted by atomic mass is 35.5. The van der Waals surface area contributed by atoms with Gasteiger partial charge in [0, 0.05) is 37.7 Å². The highest BCUT2D eigenvalue weighted by molar-refractivity contribution is 6.32. The van der Waals surface area contributed by atoms with Crippen molar-refractivity contribution < 1.29 is 32.2 Å². The van der Waals surface area contributed by atoms with Crippen LogP contribution in [-0.2, 0) is 31.8 Å². The van der Waals surface area contributed by atoms with Crippen LogP contribution in [0.1, 0.15) is 29.7 Å². The van der Waals surface area contributed by atoms with Crippen molar-refractivity contribution in [2.75, 3.05) is 39.3 Å². The number of esters is 1. The lowest BCUT2D eigenvalue weighted by atomic mass is 10.1. The van der Waals surface area contributed by atoms with E-state index < -0.39 is 23.6 Å². The van der Waals surface area contributed by atoms with E-state index in [0.717, 1.165) is 17.7 Å². The van der Waals surface area contributed by atoms with Gasteiger partial charge in [0.25, 0.3) is 0 Å². The van der Waals surface area contributed by atoms with Crippen molar-refractivity contribution in [1.82, 2.24) is 9.80 Å². The molecule has 1 atom stereocenters. The normalized spacial score (nSPS) is 15.7. The van der Waals surface area contributed by atoms with E-state index in [1.54, 1.807) is 19.1 Å². The molecule has 0 bridgehead atoms. The van der Waals surface area contributed by atoms with Gasteiger partial charge in [0.1, 0.15) is 0 Å². The van der Waals surface area contributed by atoms with Crippen LogP contribution in [0.15, 0.2) is 48.5 Å². The number of rotatable bonds is 7. The summed E-state index contributed by atoms with van der Waals surface area (Å²) in [6.07, 6.45) is -4.76. The summed E-state index contributed by atoms with van der Waals surface area (Å²) in [5.41, 5.74) is 0.791. The molecule has 1 amide bonds. The lowest BCUT2D eigenvalue weighted by Gasteiger charge is -2.36. The Labute approximate surface area is 201 Å². The van der Waals surface area contributed by atoms with Crippen LogP contribution in [0.25, 0.3) is 0 Å². The molecule has 10 heteroatoms. The third-order valence-corrected chi connectivity index (χ3v) is 5.76. The summed E-state index contributed by atoms with van der Waals surface area (Å²) in [5.74, 6) is -1.50. The first-order valence-corrected chi connectivity index (χ1v) is 11.3. The zero-order valence-electron chi connectivity index (χ0n) is 18.7. The topological polar surface area (TPSA) is 59.1 Å². The molecule has 1 fully saturated rings. The first-order valence-electron chi connectivity index (χ1n) is 10.9. The van der Waals surface area contributed by atoms with Crippen molar-refractivity contribution in [1.29, 1.82) is 0 Å². The zero-order chi connectivity index (χ0) is 24.7. The van der Waals surface area contributed by atoms with Crippen molar-refractivity contribution in [2.24, 2.45) is 0 Å². The number of carbonyl (C=O) groups excluding carboxylic acids is 2. The van der Waals surface area contributed by atoms with E-state index in [9.17, 15) is 22.8 Å². The summed E-state index contributed by atoms with van der Waals surface area (Å²) >= 11 is 6.01. The van der Waals surface area contributed by atoms with Gasteiger partial charge in [-0.15, -0.1) is 0 Å². The minimum Gasteiger partial charge on any atom is -0.459 e. The number of hydrogen-bond donors (Lipinski definition) is 0. The molecule has 1 saturated heterocycles. The number of amides is 1. The largest absolute Gasteiger partial charge is 0.459 e. The smallest absolute Gasteiger partial charge is 0.416 e. The SMILES string of the molecule is CCOC(=O)C(=O)N1CCN(CC(OCc2ccc(C(F)(F)F)cc2)c2ccc(Cl)cc2)CC1. The number of carbonyl (C=O) groups is 2. The Morgan fingerprint density at radius 3 is 2.18 bits per heavy atom. The quantitative estimate of drug-likeness (QED) is 0.420. The van der Waals surface area contributed by atoms with E-state index in [2.05, 4.69) is 4.90 Å². The van der Waals surface area contributed by atoms with E-state index in [1.165, 1.54) is 17.0 Å². The molecule has 0 radical (unpaired) electrons. The molecule has 34 heavy (non-hydrogen) atoms. The standard InChI is InChI=1S/C24H26ClF3N2O4/c1-2-33-23(32)22(31)30-13-11-29(12-14-30)15-21(18-5-9-20(25)10-6-18)34-16-17-3-7-19(8-4-17)24(26,27)28/h3-10,21H,2,11-16H2,1H3. The first kappa shape index (κ1) is 26.0. The predicted octanol–water partition coefficient (Wildman–Crippen LogP) is 4.32. The van der Waals surface area contributed by atoms with Crippen LogP contribution in [0.4, 0.5) is 13.2 Å². The van der Waals surface area contributed by atoms with Crippen LogP contribution in [0.3, 0.4) is 0 Å². The molecule has 1 aliphatic rings. The van der Waals surface area contributed by atoms with Crippen molar-refractivity contribution >= 4 is 23.5 Å². The number of alkyl halides is 3. The summed E-state index contributed by atoms with van der Waals surface area (Å²) in [4.78, 5) is 27.4. The number of halogens is 4. The van der Waals surface area contributed by atoms with Crippen molar-refractivity contribution in [3.63, 3.8) is 0 Å². The predicted molar refractivity (Wildman–Crippen MR) is 120 cm³/mol. The van der Waals surface area contributed by atoms with E-state index in [4.69, 9.17) is 21.1 Å². The van der Waals surface area contributed by atoms with E-state index in [0.29, 0.717) is 43.3 Å². The second-order valence-corrected chi connectivity index (χ2v) is 8.30. The maximum atomic E-state index is 12.8. The third kappa shape index (κ3) is 7.19. The Kier molecular flexibility index (Phi) is 8.93. The maximum absolute atomic E-state index is 12.8. The third-order valence-electron chi connectivity index (χ3n) is 5.51. The van der Waals surface area contributed by atoms with Gasteiger partial charge in [-0.25, -0.2) is 4.79 Å². The molecule has 0 spiro atoms. The average Bonchev–Trinajstić information content (AvgIpc) is 2.82. The van der Waals surface area contributed by atoms with Crippen molar-refractivity contribution in [3.8, 4) is 0 Å². The number of piperazine rings is 1. The van der Waals surface area contributed by atoms with Crippen molar-refractivity contribution in [3.05, 3.63) is 70.2 Å². The van der Waals surface area contributed by atoms with Gasteiger partial charge in [0.2, 0.25) is 0 Å². The number of benzene rings is 2. The Morgan fingerprint density at radius 2 is 1.62 bits per heavy atom. The molecule has 1 unspecified atom stereocenters. The molecule has 0 aromatic heterocycles. The second-order valence-electron chi connectivity index (χ2n) is 7.86. The highest BCUT2D eigenvalue weighted by Crippen LogP contribution is 2.29. The molecular formula is C24H26ClF3N2O4. The van der Waals surface area contributed by atoms with Crippen LogP contribution in [0, 0.1) is 0 Å². The van der Waals surface area contributed by atoms with Crippen LogP contribution < -0.4 is 0 Å². The molecule has 0 N–H and O–H groups in total. The van der Waals surface area contributed by atoms with Gasteiger partial charge in [-0.1, -0.05) is 35.9 Å². The summed E-state index contributed by atoms with van der Waals surface area (Å²) < 4.78 is 49.3. The first-order chi connectivity index (χ1) is 16.2. The number of hydrogen-bond acceptors (Lipinski definition) is 5. The molecule has 2 aromatic rings. The van der Waals surface area contributed by atoms with E-state index in [-0.39, 0.29) is 19.3 Å². The zero-order valence-corrected chi connectivity index (χ0v) is 19.4.